The second-order valence-electron chi connectivity index (χ2n) is 5.60. The first-order valence-corrected chi connectivity index (χ1v) is 8.26. The number of fused-ring (bicyclic) bond motifs is 1. The van der Waals surface area contributed by atoms with Gasteiger partial charge in [0, 0.05) is 12.7 Å². The number of hydrogen-bond donors (Lipinski definition) is 1. The number of hydrogen-bond acceptors (Lipinski definition) is 3. The van der Waals surface area contributed by atoms with Crippen LogP contribution in [0.25, 0.3) is 0 Å². The van der Waals surface area contributed by atoms with Crippen molar-refractivity contribution in [1.29, 1.82) is 0 Å². The summed E-state index contributed by atoms with van der Waals surface area (Å²) in [5, 5.41) is 9.26. The van der Waals surface area contributed by atoms with Crippen LogP contribution in [0.4, 0.5) is 0 Å². The Hall–Kier alpha value is -0.970. The second-order valence-corrected chi connectivity index (χ2v) is 6.75. The van der Waals surface area contributed by atoms with Crippen molar-refractivity contribution in [3.8, 4) is 0 Å². The molecule has 1 saturated heterocycles. The first kappa shape index (κ1) is 13.0. The third kappa shape index (κ3) is 2.81. The highest BCUT2D eigenvalue weighted by atomic mass is 32.2. The molecule has 2 atom stereocenters. The maximum Gasteiger partial charge on any atom is 0.314 e. The molecule has 5 heteroatoms. The molecule has 1 aromatic rings. The van der Waals surface area contributed by atoms with E-state index in [0.717, 1.165) is 43.2 Å². The largest absolute Gasteiger partial charge is 0.481 e. The standard InChI is InChI=1S/C14H20N2O2S/c17-14(18)12-4-1-5-16-8-11(15-13(12)16)7-10-3-2-6-19-9-10/h8,10,12H,1-7,9H2,(H,17,18). The lowest BCUT2D eigenvalue weighted by Gasteiger charge is -2.20. The van der Waals surface area contributed by atoms with Gasteiger partial charge in [-0.1, -0.05) is 0 Å². The molecular weight excluding hydrogens is 260 g/mol. The number of aromatic nitrogens is 2. The van der Waals surface area contributed by atoms with Crippen LogP contribution in [0.1, 0.15) is 43.1 Å². The summed E-state index contributed by atoms with van der Waals surface area (Å²) >= 11 is 2.03. The number of carboxylic acid groups (broad SMARTS) is 1. The zero-order valence-electron chi connectivity index (χ0n) is 11.0. The Kier molecular flexibility index (Phi) is 3.82. The molecular formula is C14H20N2O2S. The van der Waals surface area contributed by atoms with E-state index in [1.807, 2.05) is 11.8 Å². The van der Waals surface area contributed by atoms with Crippen molar-refractivity contribution in [2.75, 3.05) is 11.5 Å². The molecule has 1 N–H and O–H groups in total. The molecule has 0 bridgehead atoms. The summed E-state index contributed by atoms with van der Waals surface area (Å²) in [6.07, 6.45) is 7.37. The molecule has 2 aliphatic rings. The minimum Gasteiger partial charge on any atom is -0.481 e. The molecule has 0 spiro atoms. The fourth-order valence-corrected chi connectivity index (χ4v) is 4.29. The molecule has 0 aliphatic carbocycles. The average molecular weight is 280 g/mol. The van der Waals surface area contributed by atoms with Gasteiger partial charge >= 0.3 is 5.97 Å². The fourth-order valence-electron chi connectivity index (χ4n) is 3.13. The van der Waals surface area contributed by atoms with E-state index in [9.17, 15) is 9.90 Å². The van der Waals surface area contributed by atoms with E-state index < -0.39 is 11.9 Å². The van der Waals surface area contributed by atoms with Crippen LogP contribution in [0, 0.1) is 5.92 Å². The number of aliphatic carboxylic acids is 1. The molecule has 104 valence electrons. The lowest BCUT2D eigenvalue weighted by molar-refractivity contribution is -0.139. The van der Waals surface area contributed by atoms with Crippen LogP contribution in [-0.4, -0.2) is 32.1 Å². The van der Waals surface area contributed by atoms with Crippen LogP contribution >= 0.6 is 11.8 Å². The van der Waals surface area contributed by atoms with Gasteiger partial charge in [-0.05, 0) is 49.5 Å². The summed E-state index contributed by atoms with van der Waals surface area (Å²) in [7, 11) is 0. The molecule has 0 aromatic carbocycles. The predicted octanol–water partition coefficient (Wildman–Crippen LogP) is 2.53. The molecule has 3 rings (SSSR count). The molecule has 1 aromatic heterocycles. The van der Waals surface area contributed by atoms with Crippen LogP contribution in [0.5, 0.6) is 0 Å². The minimum absolute atomic E-state index is 0.400. The SMILES string of the molecule is O=C(O)C1CCCn2cc(CC3CCCSC3)nc21. The normalized spacial score (nSPS) is 26.9. The Morgan fingerprint density at radius 2 is 2.37 bits per heavy atom. The number of imidazole rings is 1. The van der Waals surface area contributed by atoms with Crippen molar-refractivity contribution in [1.82, 2.24) is 9.55 Å². The Morgan fingerprint density at radius 1 is 1.47 bits per heavy atom. The van der Waals surface area contributed by atoms with E-state index in [1.54, 1.807) is 0 Å². The van der Waals surface area contributed by atoms with Crippen LogP contribution in [0.3, 0.4) is 0 Å². The van der Waals surface area contributed by atoms with Crippen LogP contribution in [0.2, 0.25) is 0 Å². The number of rotatable bonds is 3. The van der Waals surface area contributed by atoms with Gasteiger partial charge in [-0.2, -0.15) is 11.8 Å². The zero-order chi connectivity index (χ0) is 13.2. The molecule has 19 heavy (non-hydrogen) atoms. The van der Waals surface area contributed by atoms with Gasteiger partial charge in [-0.15, -0.1) is 0 Å². The summed E-state index contributed by atoms with van der Waals surface area (Å²) in [6, 6.07) is 0. The first-order valence-electron chi connectivity index (χ1n) is 7.10. The second kappa shape index (κ2) is 5.57. The van der Waals surface area contributed by atoms with Gasteiger partial charge in [0.15, 0.2) is 0 Å². The molecule has 0 saturated carbocycles. The Bertz CT molecular complexity index is 466. The number of thioether (sulfide) groups is 1. The van der Waals surface area contributed by atoms with Gasteiger partial charge in [0.1, 0.15) is 11.7 Å². The monoisotopic (exact) mass is 280 g/mol. The van der Waals surface area contributed by atoms with Gasteiger partial charge in [-0.3, -0.25) is 4.79 Å². The Morgan fingerprint density at radius 3 is 3.11 bits per heavy atom. The van der Waals surface area contributed by atoms with Crippen LogP contribution < -0.4 is 0 Å². The van der Waals surface area contributed by atoms with Gasteiger partial charge in [0.25, 0.3) is 0 Å². The molecule has 0 amide bonds. The number of carboxylic acids is 1. The lowest BCUT2D eigenvalue weighted by atomic mass is 9.99. The van der Waals surface area contributed by atoms with E-state index >= 15 is 0 Å². The van der Waals surface area contributed by atoms with Gasteiger partial charge in [0.2, 0.25) is 0 Å². The Balaban J connectivity index is 1.75. The van der Waals surface area contributed by atoms with E-state index in [2.05, 4.69) is 15.7 Å². The third-order valence-corrected chi connectivity index (χ3v) is 5.40. The van der Waals surface area contributed by atoms with Crippen molar-refractivity contribution in [3.63, 3.8) is 0 Å². The van der Waals surface area contributed by atoms with E-state index in [4.69, 9.17) is 0 Å². The summed E-state index contributed by atoms with van der Waals surface area (Å²) in [4.78, 5) is 15.9. The summed E-state index contributed by atoms with van der Waals surface area (Å²) in [5.74, 6) is 2.88. The van der Waals surface area contributed by atoms with Gasteiger partial charge < -0.3 is 9.67 Å². The lowest BCUT2D eigenvalue weighted by Crippen LogP contribution is -2.22. The van der Waals surface area contributed by atoms with Crippen LogP contribution in [-0.2, 0) is 17.8 Å². The highest BCUT2D eigenvalue weighted by Crippen LogP contribution is 2.29. The van der Waals surface area contributed by atoms with Crippen molar-refractivity contribution in [3.05, 3.63) is 17.7 Å². The van der Waals surface area contributed by atoms with E-state index in [0.29, 0.717) is 0 Å². The summed E-state index contributed by atoms with van der Waals surface area (Å²) in [6.45, 7) is 0.922. The van der Waals surface area contributed by atoms with E-state index in [1.165, 1.54) is 24.3 Å². The number of aryl methyl sites for hydroxylation is 1. The molecule has 2 unspecified atom stereocenters. The van der Waals surface area contributed by atoms with Gasteiger partial charge in [-0.25, -0.2) is 4.98 Å². The van der Waals surface area contributed by atoms with Crippen molar-refractivity contribution >= 4 is 17.7 Å². The summed E-state index contributed by atoms with van der Waals surface area (Å²) in [5.41, 5.74) is 1.09. The van der Waals surface area contributed by atoms with Crippen molar-refractivity contribution in [2.24, 2.45) is 5.92 Å². The van der Waals surface area contributed by atoms with Crippen molar-refractivity contribution < 1.29 is 9.90 Å². The topological polar surface area (TPSA) is 55.1 Å². The smallest absolute Gasteiger partial charge is 0.314 e. The van der Waals surface area contributed by atoms with Crippen LogP contribution in [0.15, 0.2) is 6.20 Å². The highest BCUT2D eigenvalue weighted by molar-refractivity contribution is 7.99. The Labute approximate surface area is 117 Å². The minimum atomic E-state index is -0.730. The maximum absolute atomic E-state index is 11.3. The number of nitrogens with zero attached hydrogens (tertiary/aromatic N) is 2. The first-order chi connectivity index (χ1) is 9.24. The molecule has 3 heterocycles. The fraction of sp³-hybridized carbons (Fsp3) is 0.714. The molecule has 0 radical (unpaired) electrons. The zero-order valence-corrected chi connectivity index (χ0v) is 11.9. The third-order valence-electron chi connectivity index (χ3n) is 4.11. The quantitative estimate of drug-likeness (QED) is 0.924. The molecule has 4 nitrogen and oxygen atoms in total. The predicted molar refractivity (Wildman–Crippen MR) is 75.6 cm³/mol. The van der Waals surface area contributed by atoms with Gasteiger partial charge in [0.05, 0.1) is 5.69 Å². The summed E-state index contributed by atoms with van der Waals surface area (Å²) < 4.78 is 2.06. The van der Waals surface area contributed by atoms with E-state index in [-0.39, 0.29) is 0 Å². The molecule has 1 fully saturated rings. The number of carbonyl (C=O) groups is 1. The van der Waals surface area contributed by atoms with Crippen molar-refractivity contribution in [2.45, 2.75) is 44.6 Å². The maximum atomic E-state index is 11.3. The molecule has 2 aliphatic heterocycles. The highest BCUT2D eigenvalue weighted by Gasteiger charge is 2.29. The average Bonchev–Trinajstić information content (AvgIpc) is 2.81.